The van der Waals surface area contributed by atoms with Crippen LogP contribution in [0.5, 0.6) is 5.75 Å². The van der Waals surface area contributed by atoms with E-state index in [0.717, 1.165) is 11.4 Å². The van der Waals surface area contributed by atoms with Crippen LogP contribution >= 0.6 is 0 Å². The van der Waals surface area contributed by atoms with E-state index >= 15 is 0 Å². The van der Waals surface area contributed by atoms with Crippen molar-refractivity contribution in [2.75, 3.05) is 18.6 Å². The number of benzene rings is 1. The standard InChI is InChI=1S/C14H18N2O2/c1-4-11(10-15)14(17)16(3)12-6-8-13(9-7-12)18-5-2/h6-9,11H,4-5H2,1-3H3. The van der Waals surface area contributed by atoms with Crippen molar-refractivity contribution in [3.63, 3.8) is 0 Å². The van der Waals surface area contributed by atoms with Gasteiger partial charge in [0.05, 0.1) is 12.7 Å². The van der Waals surface area contributed by atoms with Crippen molar-refractivity contribution in [1.82, 2.24) is 0 Å². The Bertz CT molecular complexity index is 434. The number of amides is 1. The van der Waals surface area contributed by atoms with Crippen molar-refractivity contribution in [3.05, 3.63) is 24.3 Å². The van der Waals surface area contributed by atoms with Crippen molar-refractivity contribution < 1.29 is 9.53 Å². The van der Waals surface area contributed by atoms with Crippen molar-refractivity contribution in [2.45, 2.75) is 20.3 Å². The Hall–Kier alpha value is -2.02. The molecule has 0 aromatic heterocycles. The van der Waals surface area contributed by atoms with Crippen LogP contribution < -0.4 is 9.64 Å². The van der Waals surface area contributed by atoms with Gasteiger partial charge >= 0.3 is 0 Å². The Morgan fingerprint density at radius 3 is 2.44 bits per heavy atom. The zero-order valence-electron chi connectivity index (χ0n) is 11.0. The first kappa shape index (κ1) is 14.0. The van der Waals surface area contributed by atoms with E-state index in [2.05, 4.69) is 0 Å². The SMILES string of the molecule is CCOc1ccc(N(C)C(=O)C(C#N)CC)cc1. The number of carbonyl (C=O) groups excluding carboxylic acids is 1. The highest BCUT2D eigenvalue weighted by Crippen LogP contribution is 2.20. The third-order valence-electron chi connectivity index (χ3n) is 2.73. The zero-order chi connectivity index (χ0) is 13.5. The second kappa shape index (κ2) is 6.65. The second-order valence-corrected chi connectivity index (χ2v) is 3.91. The van der Waals surface area contributed by atoms with Crippen LogP contribution in [0.15, 0.2) is 24.3 Å². The molecule has 1 aromatic rings. The van der Waals surface area contributed by atoms with Crippen LogP contribution in [0.1, 0.15) is 20.3 Å². The molecule has 0 heterocycles. The van der Waals surface area contributed by atoms with E-state index in [1.807, 2.05) is 44.2 Å². The number of nitriles is 1. The fraction of sp³-hybridized carbons (Fsp3) is 0.429. The number of hydrogen-bond acceptors (Lipinski definition) is 3. The smallest absolute Gasteiger partial charge is 0.244 e. The van der Waals surface area contributed by atoms with Crippen LogP contribution in [0.3, 0.4) is 0 Å². The topological polar surface area (TPSA) is 53.3 Å². The molecule has 1 unspecified atom stereocenters. The molecule has 1 amide bonds. The highest BCUT2D eigenvalue weighted by Gasteiger charge is 2.20. The van der Waals surface area contributed by atoms with E-state index in [0.29, 0.717) is 13.0 Å². The van der Waals surface area contributed by atoms with Gasteiger partial charge in [-0.15, -0.1) is 0 Å². The van der Waals surface area contributed by atoms with E-state index in [4.69, 9.17) is 10.00 Å². The minimum Gasteiger partial charge on any atom is -0.494 e. The Morgan fingerprint density at radius 2 is 2.00 bits per heavy atom. The summed E-state index contributed by atoms with van der Waals surface area (Å²) in [5.41, 5.74) is 0.761. The third-order valence-corrected chi connectivity index (χ3v) is 2.73. The Balaban J connectivity index is 2.81. The number of hydrogen-bond donors (Lipinski definition) is 0. The van der Waals surface area contributed by atoms with E-state index in [1.54, 1.807) is 7.05 Å². The summed E-state index contributed by atoms with van der Waals surface area (Å²) in [7, 11) is 1.68. The van der Waals surface area contributed by atoms with E-state index in [9.17, 15) is 4.79 Å². The molecular weight excluding hydrogens is 228 g/mol. The van der Waals surface area contributed by atoms with Gasteiger partial charge in [-0.25, -0.2) is 0 Å². The van der Waals surface area contributed by atoms with Crippen molar-refractivity contribution in [1.29, 1.82) is 5.26 Å². The molecule has 4 heteroatoms. The molecule has 1 rings (SSSR count). The summed E-state index contributed by atoms with van der Waals surface area (Å²) < 4.78 is 5.34. The van der Waals surface area contributed by atoms with Crippen LogP contribution in [0.25, 0.3) is 0 Å². The number of anilines is 1. The van der Waals surface area contributed by atoms with E-state index in [1.165, 1.54) is 4.90 Å². The van der Waals surface area contributed by atoms with Gasteiger partial charge < -0.3 is 9.64 Å². The van der Waals surface area contributed by atoms with Crippen LogP contribution in [-0.2, 0) is 4.79 Å². The van der Waals surface area contributed by atoms with Crippen LogP contribution in [0.2, 0.25) is 0 Å². The molecule has 0 aliphatic heterocycles. The van der Waals surface area contributed by atoms with Crippen LogP contribution in [0.4, 0.5) is 5.69 Å². The predicted molar refractivity (Wildman–Crippen MR) is 70.4 cm³/mol. The van der Waals surface area contributed by atoms with Crippen molar-refractivity contribution in [2.24, 2.45) is 5.92 Å². The summed E-state index contributed by atoms with van der Waals surface area (Å²) in [4.78, 5) is 13.5. The summed E-state index contributed by atoms with van der Waals surface area (Å²) >= 11 is 0. The van der Waals surface area contributed by atoms with Gasteiger partial charge in [-0.3, -0.25) is 4.79 Å². The Kier molecular flexibility index (Phi) is 5.19. The lowest BCUT2D eigenvalue weighted by Gasteiger charge is -2.19. The monoisotopic (exact) mass is 246 g/mol. The van der Waals surface area contributed by atoms with E-state index in [-0.39, 0.29) is 5.91 Å². The van der Waals surface area contributed by atoms with Gasteiger partial charge in [0.15, 0.2) is 0 Å². The van der Waals surface area contributed by atoms with Crippen molar-refractivity contribution >= 4 is 11.6 Å². The molecule has 0 fully saturated rings. The molecule has 0 N–H and O–H groups in total. The summed E-state index contributed by atoms with van der Waals surface area (Å²) in [6.07, 6.45) is 0.525. The van der Waals surface area contributed by atoms with Gasteiger partial charge in [0, 0.05) is 12.7 Å². The molecule has 18 heavy (non-hydrogen) atoms. The first-order valence-electron chi connectivity index (χ1n) is 6.04. The molecule has 0 radical (unpaired) electrons. The maximum Gasteiger partial charge on any atom is 0.244 e. The molecule has 0 spiro atoms. The number of ether oxygens (including phenoxy) is 1. The van der Waals surface area contributed by atoms with Crippen molar-refractivity contribution in [3.8, 4) is 11.8 Å². The molecule has 0 saturated heterocycles. The van der Waals surface area contributed by atoms with Gasteiger partial charge in [0.25, 0.3) is 0 Å². The summed E-state index contributed by atoms with van der Waals surface area (Å²) in [6.45, 7) is 4.36. The lowest BCUT2D eigenvalue weighted by molar-refractivity contribution is -0.120. The molecule has 1 aromatic carbocycles. The zero-order valence-corrected chi connectivity index (χ0v) is 11.0. The lowest BCUT2D eigenvalue weighted by atomic mass is 10.1. The predicted octanol–water partition coefficient (Wildman–Crippen LogP) is 2.60. The van der Waals surface area contributed by atoms with Gasteiger partial charge in [-0.05, 0) is 37.6 Å². The lowest BCUT2D eigenvalue weighted by Crippen LogP contribution is -2.31. The first-order valence-corrected chi connectivity index (χ1v) is 6.04. The minimum absolute atomic E-state index is 0.177. The molecule has 0 saturated carbocycles. The number of nitrogens with zero attached hydrogens (tertiary/aromatic N) is 2. The Morgan fingerprint density at radius 1 is 1.39 bits per heavy atom. The molecule has 0 aliphatic carbocycles. The minimum atomic E-state index is -0.582. The highest BCUT2D eigenvalue weighted by molar-refractivity contribution is 5.95. The number of rotatable bonds is 5. The van der Waals surface area contributed by atoms with Crippen LogP contribution in [0, 0.1) is 17.2 Å². The Labute approximate surface area is 108 Å². The number of carbonyl (C=O) groups is 1. The molecule has 0 bridgehead atoms. The molecule has 96 valence electrons. The first-order chi connectivity index (χ1) is 8.63. The molecule has 0 aliphatic rings. The largest absolute Gasteiger partial charge is 0.494 e. The molecule has 1 atom stereocenters. The summed E-state index contributed by atoms with van der Waals surface area (Å²) in [5.74, 6) is 0.0140. The van der Waals surface area contributed by atoms with Crippen LogP contribution in [-0.4, -0.2) is 19.6 Å². The van der Waals surface area contributed by atoms with Gasteiger partial charge in [0.2, 0.25) is 5.91 Å². The summed E-state index contributed by atoms with van der Waals surface area (Å²) in [5, 5.41) is 8.89. The maximum atomic E-state index is 12.0. The highest BCUT2D eigenvalue weighted by atomic mass is 16.5. The maximum absolute atomic E-state index is 12.0. The molecule has 4 nitrogen and oxygen atoms in total. The van der Waals surface area contributed by atoms with Gasteiger partial charge in [-0.2, -0.15) is 5.26 Å². The third kappa shape index (κ3) is 3.24. The van der Waals surface area contributed by atoms with Gasteiger partial charge in [-0.1, -0.05) is 6.92 Å². The van der Waals surface area contributed by atoms with Gasteiger partial charge in [0.1, 0.15) is 11.7 Å². The average molecular weight is 246 g/mol. The fourth-order valence-corrected chi connectivity index (χ4v) is 1.61. The molecular formula is C14H18N2O2. The average Bonchev–Trinajstić information content (AvgIpc) is 2.40. The normalized spacial score (nSPS) is 11.4. The van der Waals surface area contributed by atoms with E-state index < -0.39 is 5.92 Å². The summed E-state index contributed by atoms with van der Waals surface area (Å²) in [6, 6.07) is 9.27. The fourth-order valence-electron chi connectivity index (χ4n) is 1.61. The second-order valence-electron chi connectivity index (χ2n) is 3.91. The quantitative estimate of drug-likeness (QED) is 0.802.